The van der Waals surface area contributed by atoms with E-state index in [0.29, 0.717) is 11.4 Å². The molecule has 96 valence electrons. The summed E-state index contributed by atoms with van der Waals surface area (Å²) in [4.78, 5) is 24.7. The van der Waals surface area contributed by atoms with Crippen LogP contribution >= 0.6 is 15.4 Å². The molecule has 0 radical (unpaired) electrons. The Labute approximate surface area is 96.7 Å². The van der Waals surface area contributed by atoms with Gasteiger partial charge < -0.3 is 9.79 Å². The summed E-state index contributed by atoms with van der Waals surface area (Å²) in [5, 5.41) is 0. The van der Waals surface area contributed by atoms with Crippen LogP contribution < -0.4 is 5.90 Å². The van der Waals surface area contributed by atoms with Gasteiger partial charge in [-0.1, -0.05) is 0 Å². The van der Waals surface area contributed by atoms with Crippen LogP contribution in [-0.4, -0.2) is 19.8 Å². The van der Waals surface area contributed by atoms with Crippen molar-refractivity contribution < 1.29 is 27.9 Å². The molecule has 1 aromatic heterocycles. The van der Waals surface area contributed by atoms with Crippen LogP contribution in [-0.2, 0) is 24.2 Å². The van der Waals surface area contributed by atoms with Crippen molar-refractivity contribution in [3.63, 3.8) is 0 Å². The Kier molecular flexibility index (Phi) is 4.51. The maximum atomic E-state index is 11.7. The Morgan fingerprint density at radius 1 is 1.35 bits per heavy atom. The number of aromatic nitrogens is 2. The summed E-state index contributed by atoms with van der Waals surface area (Å²) in [5.74, 6) is 5.21. The van der Waals surface area contributed by atoms with E-state index in [1.807, 2.05) is 0 Å². The second-order valence-corrected chi connectivity index (χ2v) is 6.47. The van der Waals surface area contributed by atoms with Crippen LogP contribution in [0.2, 0.25) is 0 Å². The summed E-state index contributed by atoms with van der Waals surface area (Å²) >= 11 is 0. The maximum absolute atomic E-state index is 11.7. The van der Waals surface area contributed by atoms with Gasteiger partial charge in [-0.3, -0.25) is 4.57 Å². The smallest absolute Gasteiger partial charge is 0.302 e. The maximum Gasteiger partial charge on any atom is 0.476 e. The second kappa shape index (κ2) is 5.32. The number of hydrogen-bond donors (Lipinski definition) is 3. The van der Waals surface area contributed by atoms with E-state index in [4.69, 9.17) is 15.7 Å². The van der Waals surface area contributed by atoms with Crippen LogP contribution in [0.1, 0.15) is 11.4 Å². The molecule has 9 nitrogen and oxygen atoms in total. The molecule has 0 saturated carbocycles. The fourth-order valence-corrected chi connectivity index (χ4v) is 3.34. The first-order valence-electron chi connectivity index (χ1n) is 4.26. The SMILES string of the molecule is Cc1ncc(CP(=O)(ON)OP(=O)(O)O)cn1. The molecule has 1 heterocycles. The van der Waals surface area contributed by atoms with Crippen molar-refractivity contribution in [2.75, 3.05) is 0 Å². The van der Waals surface area contributed by atoms with Gasteiger partial charge >= 0.3 is 15.4 Å². The predicted molar refractivity (Wildman–Crippen MR) is 56.5 cm³/mol. The fraction of sp³-hybridized carbons (Fsp3) is 0.333. The van der Waals surface area contributed by atoms with Crippen LogP contribution in [0.25, 0.3) is 0 Å². The van der Waals surface area contributed by atoms with Crippen molar-refractivity contribution in [1.29, 1.82) is 0 Å². The zero-order chi connectivity index (χ0) is 13.1. The highest BCUT2D eigenvalue weighted by Gasteiger charge is 2.34. The van der Waals surface area contributed by atoms with Crippen molar-refractivity contribution in [2.45, 2.75) is 13.1 Å². The van der Waals surface area contributed by atoms with E-state index in [1.54, 1.807) is 6.92 Å². The van der Waals surface area contributed by atoms with Crippen LogP contribution in [0.15, 0.2) is 12.4 Å². The normalized spacial score (nSPS) is 15.5. The number of phosphoric acid groups is 1. The first-order valence-corrected chi connectivity index (χ1v) is 7.52. The number of nitrogens with two attached hydrogens (primary N) is 1. The van der Waals surface area contributed by atoms with E-state index >= 15 is 0 Å². The standard InChI is InChI=1S/C6H11N3O6P2/c1-5-8-2-6(3-9-5)4-16(10,14-7)15-17(11,12)13/h2-3H,4,7H2,1H3,(H2,11,12,13). The number of rotatable bonds is 5. The Balaban J connectivity index is 2.86. The zero-order valence-corrected chi connectivity index (χ0v) is 10.5. The zero-order valence-electron chi connectivity index (χ0n) is 8.76. The Morgan fingerprint density at radius 2 is 1.88 bits per heavy atom. The van der Waals surface area contributed by atoms with Crippen LogP contribution in [0, 0.1) is 6.92 Å². The third kappa shape index (κ3) is 5.01. The lowest BCUT2D eigenvalue weighted by molar-refractivity contribution is 0.228. The van der Waals surface area contributed by atoms with E-state index in [-0.39, 0.29) is 0 Å². The van der Waals surface area contributed by atoms with Gasteiger partial charge in [-0.2, -0.15) is 0 Å². The molecule has 0 amide bonds. The van der Waals surface area contributed by atoms with Crippen molar-refractivity contribution >= 4 is 15.4 Å². The molecule has 0 aromatic carbocycles. The van der Waals surface area contributed by atoms with Crippen molar-refractivity contribution in [2.24, 2.45) is 5.90 Å². The van der Waals surface area contributed by atoms with Gasteiger partial charge in [-0.15, -0.1) is 0 Å². The first kappa shape index (κ1) is 14.4. The summed E-state index contributed by atoms with van der Waals surface area (Å²) in [6.45, 7) is 1.65. The molecular weight excluding hydrogens is 272 g/mol. The summed E-state index contributed by atoms with van der Waals surface area (Å²) in [6, 6.07) is 0. The fourth-order valence-electron chi connectivity index (χ4n) is 0.972. The van der Waals surface area contributed by atoms with E-state index in [1.165, 1.54) is 12.4 Å². The van der Waals surface area contributed by atoms with E-state index in [9.17, 15) is 9.13 Å². The van der Waals surface area contributed by atoms with Crippen LogP contribution in [0.4, 0.5) is 0 Å². The molecule has 4 N–H and O–H groups in total. The largest absolute Gasteiger partial charge is 0.476 e. The second-order valence-electron chi connectivity index (χ2n) is 3.09. The molecule has 1 rings (SSSR count). The first-order chi connectivity index (χ1) is 7.74. The molecule has 11 heteroatoms. The minimum Gasteiger partial charge on any atom is -0.302 e. The number of aryl methyl sites for hydroxylation is 1. The van der Waals surface area contributed by atoms with Gasteiger partial charge in [-0.05, 0) is 6.92 Å². The van der Waals surface area contributed by atoms with Crippen LogP contribution in [0.5, 0.6) is 0 Å². The summed E-state index contributed by atoms with van der Waals surface area (Å²) in [7, 11) is -9.08. The average Bonchev–Trinajstić information content (AvgIpc) is 2.19. The van der Waals surface area contributed by atoms with Gasteiger partial charge in [0, 0.05) is 18.0 Å². The number of hydrogen-bond acceptors (Lipinski definition) is 7. The molecular formula is C6H11N3O6P2. The molecule has 0 spiro atoms. The van der Waals surface area contributed by atoms with E-state index in [0.717, 1.165) is 0 Å². The molecule has 1 unspecified atom stereocenters. The lowest BCUT2D eigenvalue weighted by Crippen LogP contribution is -2.03. The minimum absolute atomic E-state index is 0.317. The third-order valence-electron chi connectivity index (χ3n) is 1.60. The molecule has 0 bridgehead atoms. The van der Waals surface area contributed by atoms with Gasteiger partial charge in [-0.25, -0.2) is 29.4 Å². The van der Waals surface area contributed by atoms with Crippen molar-refractivity contribution in [1.82, 2.24) is 9.97 Å². The van der Waals surface area contributed by atoms with Gasteiger partial charge in [0.1, 0.15) is 5.82 Å². The lowest BCUT2D eigenvalue weighted by Gasteiger charge is -2.15. The van der Waals surface area contributed by atoms with Gasteiger partial charge in [0.25, 0.3) is 0 Å². The Morgan fingerprint density at radius 3 is 2.29 bits per heavy atom. The lowest BCUT2D eigenvalue weighted by atomic mass is 10.4. The molecule has 0 aliphatic rings. The average molecular weight is 283 g/mol. The van der Waals surface area contributed by atoms with Gasteiger partial charge in [0.05, 0.1) is 6.16 Å². The Hall–Kier alpha value is -0.660. The van der Waals surface area contributed by atoms with Crippen molar-refractivity contribution in [3.05, 3.63) is 23.8 Å². The monoisotopic (exact) mass is 283 g/mol. The molecule has 1 aromatic rings. The highest BCUT2D eigenvalue weighted by molar-refractivity contribution is 7.63. The summed E-state index contributed by atoms with van der Waals surface area (Å²) in [6.07, 6.45) is 2.23. The molecule has 1 atom stereocenters. The van der Waals surface area contributed by atoms with Crippen molar-refractivity contribution in [3.8, 4) is 0 Å². The highest BCUT2D eigenvalue weighted by atomic mass is 31.3. The molecule has 17 heavy (non-hydrogen) atoms. The van der Waals surface area contributed by atoms with Crippen LogP contribution in [0.3, 0.4) is 0 Å². The minimum atomic E-state index is -4.96. The van der Waals surface area contributed by atoms with E-state index in [2.05, 4.69) is 18.9 Å². The molecule has 0 aliphatic heterocycles. The van der Waals surface area contributed by atoms with Gasteiger partial charge in [0.2, 0.25) is 0 Å². The summed E-state index contributed by atoms with van der Waals surface area (Å²) in [5.41, 5.74) is 0.317. The highest BCUT2D eigenvalue weighted by Crippen LogP contribution is 2.61. The number of nitrogens with zero attached hydrogens (tertiary/aromatic N) is 2. The van der Waals surface area contributed by atoms with Gasteiger partial charge in [0.15, 0.2) is 0 Å². The van der Waals surface area contributed by atoms with E-state index < -0.39 is 21.6 Å². The topological polar surface area (TPSA) is 145 Å². The third-order valence-corrected chi connectivity index (χ3v) is 4.52. The molecule has 0 saturated heterocycles. The Bertz CT molecular complexity index is 471. The molecule has 0 fully saturated rings. The summed E-state index contributed by atoms with van der Waals surface area (Å²) < 4.78 is 30.4. The quantitative estimate of drug-likeness (QED) is 0.518. The predicted octanol–water partition coefficient (Wildman–Crippen LogP) is 0.478. The molecule has 0 aliphatic carbocycles.